The topological polar surface area (TPSA) is 38.3 Å². The number of rotatable bonds is 3. The minimum atomic E-state index is -0.502. The van der Waals surface area contributed by atoms with Gasteiger partial charge < -0.3 is 10.1 Å². The summed E-state index contributed by atoms with van der Waals surface area (Å²) in [6.07, 6.45) is 8.45. The van der Waals surface area contributed by atoms with Crippen LogP contribution in [0.2, 0.25) is 0 Å². The molecule has 1 saturated carbocycles. The smallest absolute Gasteiger partial charge is 0.340 e. The monoisotopic (exact) mass is 279 g/mol. The summed E-state index contributed by atoms with van der Waals surface area (Å²) in [5.74, 6) is -0.925. The van der Waals surface area contributed by atoms with Crippen LogP contribution in [0, 0.1) is 5.82 Å². The lowest BCUT2D eigenvalue weighted by molar-refractivity contribution is 0.0601. The number of hydrogen-bond donors (Lipinski definition) is 1. The Morgan fingerprint density at radius 2 is 1.85 bits per heavy atom. The fourth-order valence-electron chi connectivity index (χ4n) is 2.74. The number of halogens is 1. The molecule has 0 radical (unpaired) electrons. The molecule has 0 atom stereocenters. The number of anilines is 1. The van der Waals surface area contributed by atoms with Crippen LogP contribution in [-0.4, -0.2) is 19.1 Å². The average molecular weight is 279 g/mol. The largest absolute Gasteiger partial charge is 0.465 e. The van der Waals surface area contributed by atoms with Gasteiger partial charge in [-0.1, -0.05) is 32.1 Å². The van der Waals surface area contributed by atoms with Crippen molar-refractivity contribution in [2.75, 3.05) is 12.4 Å². The highest BCUT2D eigenvalue weighted by molar-refractivity contribution is 5.95. The first kappa shape index (κ1) is 14.8. The maximum Gasteiger partial charge on any atom is 0.340 e. The Bertz CT molecular complexity index is 454. The van der Waals surface area contributed by atoms with Crippen molar-refractivity contribution in [3.63, 3.8) is 0 Å². The summed E-state index contributed by atoms with van der Waals surface area (Å²) >= 11 is 0. The molecule has 20 heavy (non-hydrogen) atoms. The molecule has 0 aromatic heterocycles. The van der Waals surface area contributed by atoms with Gasteiger partial charge in [-0.3, -0.25) is 0 Å². The first-order chi connectivity index (χ1) is 9.70. The molecule has 0 saturated heterocycles. The number of ether oxygens (including phenoxy) is 1. The summed E-state index contributed by atoms with van der Waals surface area (Å²) in [5.41, 5.74) is 0.943. The molecule has 110 valence electrons. The van der Waals surface area contributed by atoms with Gasteiger partial charge in [0, 0.05) is 11.7 Å². The van der Waals surface area contributed by atoms with E-state index in [1.165, 1.54) is 51.3 Å². The molecule has 0 spiro atoms. The number of carbonyl (C=O) groups is 1. The van der Waals surface area contributed by atoms with Crippen LogP contribution in [0.3, 0.4) is 0 Å². The molecular formula is C16H22FNO2. The second kappa shape index (κ2) is 7.27. The highest BCUT2D eigenvalue weighted by Crippen LogP contribution is 2.24. The predicted molar refractivity (Wildman–Crippen MR) is 77.5 cm³/mol. The van der Waals surface area contributed by atoms with Crippen LogP contribution in [0.5, 0.6) is 0 Å². The summed E-state index contributed by atoms with van der Waals surface area (Å²) in [7, 11) is 1.31. The van der Waals surface area contributed by atoms with E-state index in [2.05, 4.69) is 5.32 Å². The fourth-order valence-corrected chi connectivity index (χ4v) is 2.74. The Balaban J connectivity index is 2.12. The van der Waals surface area contributed by atoms with Gasteiger partial charge in [-0.15, -0.1) is 0 Å². The molecule has 3 nitrogen and oxygen atoms in total. The SMILES string of the molecule is COC(=O)c1cc(F)ccc1NC1CCCCCCC1. The molecule has 0 unspecified atom stereocenters. The Hall–Kier alpha value is -1.58. The Morgan fingerprint density at radius 3 is 2.50 bits per heavy atom. The van der Waals surface area contributed by atoms with E-state index in [4.69, 9.17) is 4.74 Å². The van der Waals surface area contributed by atoms with Gasteiger partial charge in [-0.2, -0.15) is 0 Å². The van der Waals surface area contributed by atoms with E-state index in [0.717, 1.165) is 12.8 Å². The van der Waals surface area contributed by atoms with Gasteiger partial charge >= 0.3 is 5.97 Å². The van der Waals surface area contributed by atoms with Crippen molar-refractivity contribution in [3.8, 4) is 0 Å². The highest BCUT2D eigenvalue weighted by Gasteiger charge is 2.17. The summed E-state index contributed by atoms with van der Waals surface area (Å²) < 4.78 is 18.0. The number of carbonyl (C=O) groups excluding carboxylic acids is 1. The molecule has 1 aliphatic carbocycles. The van der Waals surface area contributed by atoms with Gasteiger partial charge in [0.15, 0.2) is 0 Å². The molecule has 1 aliphatic rings. The molecular weight excluding hydrogens is 257 g/mol. The molecule has 1 aromatic carbocycles. The Morgan fingerprint density at radius 1 is 1.20 bits per heavy atom. The number of methoxy groups -OCH3 is 1. The van der Waals surface area contributed by atoms with Crippen molar-refractivity contribution >= 4 is 11.7 Å². The lowest BCUT2D eigenvalue weighted by Gasteiger charge is -2.23. The summed E-state index contributed by atoms with van der Waals surface area (Å²) in [6, 6.07) is 4.58. The molecule has 0 amide bonds. The van der Waals surface area contributed by atoms with Crippen molar-refractivity contribution in [1.29, 1.82) is 0 Å². The van der Waals surface area contributed by atoms with E-state index in [0.29, 0.717) is 11.7 Å². The van der Waals surface area contributed by atoms with Crippen molar-refractivity contribution in [2.45, 2.75) is 51.0 Å². The predicted octanol–water partition coefficient (Wildman–Crippen LogP) is 4.14. The summed E-state index contributed by atoms with van der Waals surface area (Å²) in [4.78, 5) is 11.7. The van der Waals surface area contributed by atoms with Gasteiger partial charge in [0.2, 0.25) is 0 Å². The van der Waals surface area contributed by atoms with Gasteiger partial charge in [0.25, 0.3) is 0 Å². The minimum absolute atomic E-state index is 0.273. The lowest BCUT2D eigenvalue weighted by atomic mass is 9.96. The van der Waals surface area contributed by atoms with Gasteiger partial charge in [-0.25, -0.2) is 9.18 Å². The third-order valence-electron chi connectivity index (χ3n) is 3.85. The number of nitrogens with one attached hydrogen (secondary N) is 1. The van der Waals surface area contributed by atoms with Crippen molar-refractivity contribution in [1.82, 2.24) is 0 Å². The summed E-state index contributed by atoms with van der Waals surface area (Å²) in [6.45, 7) is 0. The number of benzene rings is 1. The maximum absolute atomic E-state index is 13.3. The molecule has 4 heteroatoms. The van der Waals surface area contributed by atoms with Gasteiger partial charge in [0.05, 0.1) is 12.7 Å². The number of esters is 1. The first-order valence-electron chi connectivity index (χ1n) is 7.35. The van der Waals surface area contributed by atoms with E-state index in [9.17, 15) is 9.18 Å². The molecule has 0 aliphatic heterocycles. The van der Waals surface area contributed by atoms with Crippen LogP contribution in [-0.2, 0) is 4.74 Å². The maximum atomic E-state index is 13.3. The van der Waals surface area contributed by atoms with E-state index < -0.39 is 11.8 Å². The molecule has 1 fully saturated rings. The standard InChI is InChI=1S/C16H22FNO2/c1-20-16(19)14-11-12(17)9-10-15(14)18-13-7-5-3-2-4-6-8-13/h9-11,13,18H,2-8H2,1H3. The number of hydrogen-bond acceptors (Lipinski definition) is 3. The second-order valence-electron chi connectivity index (χ2n) is 5.37. The third kappa shape index (κ3) is 3.95. The molecule has 0 heterocycles. The van der Waals surface area contributed by atoms with Gasteiger partial charge in [0.1, 0.15) is 5.82 Å². The normalized spacial score (nSPS) is 17.1. The van der Waals surface area contributed by atoms with Crippen LogP contribution in [0.1, 0.15) is 55.3 Å². The Kier molecular flexibility index (Phi) is 5.39. The second-order valence-corrected chi connectivity index (χ2v) is 5.37. The molecule has 0 bridgehead atoms. The molecule has 1 aromatic rings. The fraction of sp³-hybridized carbons (Fsp3) is 0.562. The zero-order chi connectivity index (χ0) is 14.4. The quantitative estimate of drug-likeness (QED) is 0.845. The minimum Gasteiger partial charge on any atom is -0.465 e. The van der Waals surface area contributed by atoms with E-state index in [1.54, 1.807) is 6.07 Å². The van der Waals surface area contributed by atoms with Crippen molar-refractivity contribution < 1.29 is 13.9 Å². The first-order valence-corrected chi connectivity index (χ1v) is 7.35. The van der Waals surface area contributed by atoms with Gasteiger partial charge in [-0.05, 0) is 31.0 Å². The van der Waals surface area contributed by atoms with E-state index >= 15 is 0 Å². The van der Waals surface area contributed by atoms with E-state index in [-0.39, 0.29) is 5.56 Å². The summed E-state index contributed by atoms with van der Waals surface area (Å²) in [5, 5.41) is 3.39. The van der Waals surface area contributed by atoms with Crippen LogP contribution in [0.25, 0.3) is 0 Å². The molecule has 2 rings (SSSR count). The van der Waals surface area contributed by atoms with Crippen molar-refractivity contribution in [2.24, 2.45) is 0 Å². The zero-order valence-electron chi connectivity index (χ0n) is 12.0. The molecule has 1 N–H and O–H groups in total. The van der Waals surface area contributed by atoms with E-state index in [1.807, 2.05) is 0 Å². The van der Waals surface area contributed by atoms with Crippen LogP contribution >= 0.6 is 0 Å². The lowest BCUT2D eigenvalue weighted by Crippen LogP contribution is -2.22. The van der Waals surface area contributed by atoms with Crippen LogP contribution < -0.4 is 5.32 Å². The highest BCUT2D eigenvalue weighted by atomic mass is 19.1. The Labute approximate surface area is 119 Å². The third-order valence-corrected chi connectivity index (χ3v) is 3.85. The zero-order valence-corrected chi connectivity index (χ0v) is 12.0. The average Bonchev–Trinajstić information content (AvgIpc) is 2.42. The van der Waals surface area contributed by atoms with Crippen LogP contribution in [0.15, 0.2) is 18.2 Å². The van der Waals surface area contributed by atoms with Crippen molar-refractivity contribution in [3.05, 3.63) is 29.6 Å². The van der Waals surface area contributed by atoms with Crippen LogP contribution in [0.4, 0.5) is 10.1 Å².